The third kappa shape index (κ3) is 4.46. The minimum atomic E-state index is 0.0712. The van der Waals surface area contributed by atoms with Gasteiger partial charge in [-0.3, -0.25) is 4.99 Å². The Hall–Kier alpha value is -2.08. The highest BCUT2D eigenvalue weighted by Gasteiger charge is 2.09. The molecule has 1 atom stereocenters. The van der Waals surface area contributed by atoms with Gasteiger partial charge in [0.2, 0.25) is 5.89 Å². The van der Waals surface area contributed by atoms with Gasteiger partial charge in [-0.05, 0) is 24.6 Å². The topological polar surface area (TPSA) is 75.3 Å². The number of aliphatic imine (C=N–C) groups is 1. The first-order valence-electron chi connectivity index (χ1n) is 6.60. The van der Waals surface area contributed by atoms with Crippen molar-refractivity contribution in [3.8, 4) is 0 Å². The lowest BCUT2D eigenvalue weighted by molar-refractivity contribution is 0.386. The molecule has 0 saturated heterocycles. The minimum Gasteiger partial charge on any atom is -0.350 e. The summed E-state index contributed by atoms with van der Waals surface area (Å²) in [6, 6.07) is 7.79. The van der Waals surface area contributed by atoms with Gasteiger partial charge in [0, 0.05) is 19.0 Å². The van der Waals surface area contributed by atoms with Crippen LogP contribution < -0.4 is 10.6 Å². The Morgan fingerprint density at radius 2 is 2.29 bits per heavy atom. The molecule has 0 aliphatic carbocycles. The smallest absolute Gasteiger partial charge is 0.223 e. The Kier molecular flexibility index (Phi) is 5.16. The first-order chi connectivity index (χ1) is 10.1. The number of guanidine groups is 1. The fourth-order valence-electron chi connectivity index (χ4n) is 1.83. The molecule has 7 heteroatoms. The van der Waals surface area contributed by atoms with Crippen LogP contribution in [0.25, 0.3) is 0 Å². The van der Waals surface area contributed by atoms with Crippen LogP contribution in [0.2, 0.25) is 5.02 Å². The van der Waals surface area contributed by atoms with Crippen LogP contribution in [0.5, 0.6) is 0 Å². The summed E-state index contributed by atoms with van der Waals surface area (Å²) in [7, 11) is 1.71. The zero-order chi connectivity index (χ0) is 15.2. The lowest BCUT2D eigenvalue weighted by Crippen LogP contribution is -2.38. The van der Waals surface area contributed by atoms with Crippen molar-refractivity contribution in [2.24, 2.45) is 4.99 Å². The number of aryl methyl sites for hydroxylation is 1. The second kappa shape index (κ2) is 7.08. The third-order valence-corrected chi connectivity index (χ3v) is 3.14. The molecule has 1 unspecified atom stereocenters. The van der Waals surface area contributed by atoms with Crippen molar-refractivity contribution >= 4 is 17.6 Å². The van der Waals surface area contributed by atoms with Crippen LogP contribution in [0.15, 0.2) is 33.8 Å². The molecule has 1 heterocycles. The zero-order valence-corrected chi connectivity index (χ0v) is 13.0. The maximum absolute atomic E-state index is 6.00. The fourth-order valence-corrected chi connectivity index (χ4v) is 2.03. The largest absolute Gasteiger partial charge is 0.350 e. The third-order valence-electron chi connectivity index (χ3n) is 2.91. The number of aromatic nitrogens is 2. The summed E-state index contributed by atoms with van der Waals surface area (Å²) in [5, 5.41) is 11.0. The molecular formula is C14H18ClN5O. The number of nitrogens with one attached hydrogen (secondary N) is 2. The predicted octanol–water partition coefficient (Wildman–Crippen LogP) is 2.46. The van der Waals surface area contributed by atoms with Crippen LogP contribution in [0.1, 0.15) is 30.2 Å². The summed E-state index contributed by atoms with van der Waals surface area (Å²) in [5.74, 6) is 1.79. The molecule has 0 radical (unpaired) electrons. The normalized spacial score (nSPS) is 13.0. The Morgan fingerprint density at radius 3 is 2.90 bits per heavy atom. The molecule has 0 saturated carbocycles. The van der Waals surface area contributed by atoms with Crippen LogP contribution in [-0.2, 0) is 6.54 Å². The highest BCUT2D eigenvalue weighted by Crippen LogP contribution is 2.17. The van der Waals surface area contributed by atoms with Crippen molar-refractivity contribution in [2.45, 2.75) is 26.4 Å². The molecule has 2 rings (SSSR count). The Morgan fingerprint density at radius 1 is 1.48 bits per heavy atom. The molecule has 0 amide bonds. The van der Waals surface area contributed by atoms with E-state index >= 15 is 0 Å². The predicted molar refractivity (Wildman–Crippen MR) is 82.2 cm³/mol. The van der Waals surface area contributed by atoms with Gasteiger partial charge < -0.3 is 15.2 Å². The van der Waals surface area contributed by atoms with Crippen LogP contribution in [0, 0.1) is 6.92 Å². The number of benzene rings is 1. The highest BCUT2D eigenvalue weighted by molar-refractivity contribution is 6.30. The monoisotopic (exact) mass is 307 g/mol. The van der Waals surface area contributed by atoms with Crippen LogP contribution in [0.4, 0.5) is 0 Å². The van der Waals surface area contributed by atoms with Crippen molar-refractivity contribution < 1.29 is 4.52 Å². The zero-order valence-electron chi connectivity index (χ0n) is 12.2. The van der Waals surface area contributed by atoms with E-state index < -0.39 is 0 Å². The van der Waals surface area contributed by atoms with Gasteiger partial charge in [0.05, 0.1) is 12.6 Å². The Balaban J connectivity index is 1.93. The van der Waals surface area contributed by atoms with Crippen molar-refractivity contribution in [3.05, 3.63) is 46.6 Å². The summed E-state index contributed by atoms with van der Waals surface area (Å²) >= 11 is 6.00. The molecule has 0 aliphatic heterocycles. The van der Waals surface area contributed by atoms with Crippen LogP contribution >= 0.6 is 11.6 Å². The van der Waals surface area contributed by atoms with Crippen LogP contribution in [0.3, 0.4) is 0 Å². The summed E-state index contributed by atoms with van der Waals surface area (Å²) in [5.41, 5.74) is 1.08. The number of hydrogen-bond acceptors (Lipinski definition) is 4. The fraction of sp³-hybridized carbons (Fsp3) is 0.357. The summed E-state index contributed by atoms with van der Waals surface area (Å²) in [4.78, 5) is 8.30. The molecule has 1 aromatic carbocycles. The summed E-state index contributed by atoms with van der Waals surface area (Å²) < 4.78 is 4.92. The van der Waals surface area contributed by atoms with E-state index in [0.29, 0.717) is 29.2 Å². The molecule has 2 aromatic rings. The van der Waals surface area contributed by atoms with Gasteiger partial charge in [-0.2, -0.15) is 4.98 Å². The molecule has 2 N–H and O–H groups in total. The van der Waals surface area contributed by atoms with E-state index in [1.807, 2.05) is 31.2 Å². The van der Waals surface area contributed by atoms with Gasteiger partial charge in [0.25, 0.3) is 0 Å². The SMILES string of the molecule is CN=C(NCc1noc(C)n1)NC(C)c1cccc(Cl)c1. The van der Waals surface area contributed by atoms with E-state index in [0.717, 1.165) is 5.56 Å². The van der Waals surface area contributed by atoms with Crippen molar-refractivity contribution in [1.29, 1.82) is 0 Å². The summed E-state index contributed by atoms with van der Waals surface area (Å²) in [6.07, 6.45) is 0. The second-order valence-electron chi connectivity index (χ2n) is 4.58. The Labute approximate surface area is 128 Å². The molecule has 6 nitrogen and oxygen atoms in total. The molecular weight excluding hydrogens is 290 g/mol. The average Bonchev–Trinajstić information content (AvgIpc) is 2.89. The minimum absolute atomic E-state index is 0.0712. The van der Waals surface area contributed by atoms with Gasteiger partial charge in [-0.1, -0.05) is 28.9 Å². The molecule has 1 aromatic heterocycles. The number of rotatable bonds is 4. The average molecular weight is 308 g/mol. The van der Waals surface area contributed by atoms with Crippen molar-refractivity contribution in [2.75, 3.05) is 7.05 Å². The van der Waals surface area contributed by atoms with E-state index in [2.05, 4.69) is 25.8 Å². The lowest BCUT2D eigenvalue weighted by Gasteiger charge is -2.17. The molecule has 0 spiro atoms. The van der Waals surface area contributed by atoms with Crippen LogP contribution in [-0.4, -0.2) is 23.1 Å². The van der Waals surface area contributed by atoms with Crippen molar-refractivity contribution in [3.63, 3.8) is 0 Å². The molecule has 112 valence electrons. The van der Waals surface area contributed by atoms with Gasteiger partial charge in [-0.15, -0.1) is 0 Å². The molecule has 0 bridgehead atoms. The highest BCUT2D eigenvalue weighted by atomic mass is 35.5. The van der Waals surface area contributed by atoms with Crippen molar-refractivity contribution in [1.82, 2.24) is 20.8 Å². The van der Waals surface area contributed by atoms with E-state index in [1.54, 1.807) is 14.0 Å². The molecule has 0 fully saturated rings. The maximum Gasteiger partial charge on any atom is 0.223 e. The molecule has 0 aliphatic rings. The number of hydrogen-bond donors (Lipinski definition) is 2. The van der Waals surface area contributed by atoms with E-state index in [1.165, 1.54) is 0 Å². The van der Waals surface area contributed by atoms with Gasteiger partial charge >= 0.3 is 0 Å². The standard InChI is InChI=1S/C14H18ClN5O/c1-9(11-5-4-6-12(15)7-11)18-14(16-3)17-8-13-19-10(2)21-20-13/h4-7,9H,8H2,1-3H3,(H2,16,17,18). The van der Waals surface area contributed by atoms with Gasteiger partial charge in [0.1, 0.15) is 0 Å². The molecule has 21 heavy (non-hydrogen) atoms. The quantitative estimate of drug-likeness (QED) is 0.670. The van der Waals surface area contributed by atoms with E-state index in [9.17, 15) is 0 Å². The first-order valence-corrected chi connectivity index (χ1v) is 6.98. The van der Waals surface area contributed by atoms with E-state index in [-0.39, 0.29) is 6.04 Å². The maximum atomic E-state index is 6.00. The number of nitrogens with zero attached hydrogens (tertiary/aromatic N) is 3. The first kappa shape index (κ1) is 15.3. The second-order valence-corrected chi connectivity index (χ2v) is 5.01. The summed E-state index contributed by atoms with van der Waals surface area (Å²) in [6.45, 7) is 4.24. The number of halogens is 1. The van der Waals surface area contributed by atoms with Gasteiger partial charge in [0.15, 0.2) is 11.8 Å². The Bertz CT molecular complexity index is 625. The van der Waals surface area contributed by atoms with E-state index in [4.69, 9.17) is 16.1 Å². The van der Waals surface area contributed by atoms with Gasteiger partial charge in [-0.25, -0.2) is 0 Å². The lowest BCUT2D eigenvalue weighted by atomic mass is 10.1.